The topological polar surface area (TPSA) is 50.4 Å². The molecule has 1 fully saturated rings. The lowest BCUT2D eigenvalue weighted by atomic mass is 10.1. The molecule has 0 spiro atoms. The molecule has 0 radical (unpaired) electrons. The SMILES string of the molecule is O=C(CCCOc1ccc(Cl)cc1Cl)NC(=S)NC1CCCCCC1. The maximum atomic E-state index is 11.9. The summed E-state index contributed by atoms with van der Waals surface area (Å²) in [6.07, 6.45) is 8.17. The number of ether oxygens (including phenoxy) is 1. The van der Waals surface area contributed by atoms with Crippen LogP contribution in [0.5, 0.6) is 5.75 Å². The summed E-state index contributed by atoms with van der Waals surface area (Å²) in [5, 5.41) is 7.46. The molecular weight excluding hydrogens is 379 g/mol. The first-order valence-electron chi connectivity index (χ1n) is 8.73. The maximum Gasteiger partial charge on any atom is 0.226 e. The van der Waals surface area contributed by atoms with Gasteiger partial charge in [-0.2, -0.15) is 0 Å². The van der Waals surface area contributed by atoms with E-state index < -0.39 is 0 Å². The summed E-state index contributed by atoms with van der Waals surface area (Å²) in [6.45, 7) is 0.400. The van der Waals surface area contributed by atoms with Gasteiger partial charge in [0.2, 0.25) is 5.91 Å². The molecular formula is C18H24Cl2N2O2S. The van der Waals surface area contributed by atoms with Gasteiger partial charge in [-0.1, -0.05) is 48.9 Å². The Morgan fingerprint density at radius 1 is 1.20 bits per heavy atom. The van der Waals surface area contributed by atoms with Crippen molar-refractivity contribution in [3.63, 3.8) is 0 Å². The molecule has 7 heteroatoms. The van der Waals surface area contributed by atoms with Crippen LogP contribution in [0, 0.1) is 0 Å². The van der Waals surface area contributed by atoms with Crippen molar-refractivity contribution in [2.75, 3.05) is 6.61 Å². The highest BCUT2D eigenvalue weighted by Crippen LogP contribution is 2.27. The summed E-state index contributed by atoms with van der Waals surface area (Å²) in [6, 6.07) is 5.44. The van der Waals surface area contributed by atoms with E-state index in [2.05, 4.69) is 10.6 Å². The van der Waals surface area contributed by atoms with Crippen molar-refractivity contribution >= 4 is 46.4 Å². The smallest absolute Gasteiger partial charge is 0.226 e. The van der Waals surface area contributed by atoms with Gasteiger partial charge >= 0.3 is 0 Å². The summed E-state index contributed by atoms with van der Waals surface area (Å²) in [7, 11) is 0. The number of amides is 1. The number of benzene rings is 1. The molecule has 0 bridgehead atoms. The molecule has 0 heterocycles. The van der Waals surface area contributed by atoms with Gasteiger partial charge in [0.15, 0.2) is 5.11 Å². The van der Waals surface area contributed by atoms with E-state index in [1.807, 2.05) is 0 Å². The normalized spacial score (nSPS) is 15.3. The Kier molecular flexibility index (Phi) is 8.79. The van der Waals surface area contributed by atoms with E-state index in [1.165, 1.54) is 25.7 Å². The molecule has 25 heavy (non-hydrogen) atoms. The molecule has 1 aromatic carbocycles. The largest absolute Gasteiger partial charge is 0.492 e. The van der Waals surface area contributed by atoms with Gasteiger partial charge in [-0.15, -0.1) is 0 Å². The van der Waals surface area contributed by atoms with Gasteiger partial charge < -0.3 is 15.4 Å². The van der Waals surface area contributed by atoms with Gasteiger partial charge in [0.25, 0.3) is 0 Å². The summed E-state index contributed by atoms with van der Waals surface area (Å²) in [4.78, 5) is 11.9. The minimum Gasteiger partial charge on any atom is -0.492 e. The molecule has 0 aliphatic heterocycles. The molecule has 2 N–H and O–H groups in total. The van der Waals surface area contributed by atoms with E-state index in [4.69, 9.17) is 40.2 Å². The number of rotatable bonds is 6. The second-order valence-electron chi connectivity index (χ2n) is 6.24. The lowest BCUT2D eigenvalue weighted by Crippen LogP contribution is -2.44. The monoisotopic (exact) mass is 402 g/mol. The van der Waals surface area contributed by atoms with Crippen molar-refractivity contribution in [3.05, 3.63) is 28.2 Å². The average Bonchev–Trinajstić information content (AvgIpc) is 2.81. The average molecular weight is 403 g/mol. The number of carbonyl (C=O) groups is 1. The number of thiocarbonyl (C=S) groups is 1. The molecule has 1 aliphatic carbocycles. The molecule has 0 aromatic heterocycles. The van der Waals surface area contributed by atoms with Gasteiger partial charge in [-0.05, 0) is 49.7 Å². The van der Waals surface area contributed by atoms with Crippen LogP contribution >= 0.6 is 35.4 Å². The van der Waals surface area contributed by atoms with Crippen molar-refractivity contribution in [1.29, 1.82) is 0 Å². The molecule has 1 amide bonds. The van der Waals surface area contributed by atoms with Gasteiger partial charge in [-0.25, -0.2) is 0 Å². The van der Waals surface area contributed by atoms with Gasteiger partial charge in [0, 0.05) is 17.5 Å². The van der Waals surface area contributed by atoms with Crippen molar-refractivity contribution in [1.82, 2.24) is 10.6 Å². The van der Waals surface area contributed by atoms with Crippen LogP contribution in [0.2, 0.25) is 10.0 Å². The first kappa shape index (κ1) is 20.3. The predicted octanol–water partition coefficient (Wildman–Crippen LogP) is 4.87. The Labute approximate surface area is 164 Å². The van der Waals surface area contributed by atoms with Crippen LogP contribution in [0.25, 0.3) is 0 Å². The number of halogens is 2. The van der Waals surface area contributed by atoms with Crippen LogP contribution < -0.4 is 15.4 Å². The van der Waals surface area contributed by atoms with Gasteiger partial charge in [-0.3, -0.25) is 4.79 Å². The molecule has 1 saturated carbocycles. The van der Waals surface area contributed by atoms with Crippen LogP contribution in [-0.4, -0.2) is 23.7 Å². The minimum absolute atomic E-state index is 0.100. The van der Waals surface area contributed by atoms with Gasteiger partial charge in [0.1, 0.15) is 5.75 Å². The Balaban J connectivity index is 1.62. The molecule has 1 aliphatic rings. The van der Waals surface area contributed by atoms with E-state index in [0.717, 1.165) is 12.8 Å². The number of nitrogens with one attached hydrogen (secondary N) is 2. The fraction of sp³-hybridized carbons (Fsp3) is 0.556. The van der Waals surface area contributed by atoms with E-state index in [1.54, 1.807) is 18.2 Å². The first-order chi connectivity index (χ1) is 12.0. The van der Waals surface area contributed by atoms with Crippen LogP contribution in [0.1, 0.15) is 51.4 Å². The Bertz CT molecular complexity index is 590. The highest BCUT2D eigenvalue weighted by atomic mass is 35.5. The molecule has 138 valence electrons. The van der Waals surface area contributed by atoms with Crippen LogP contribution in [0.4, 0.5) is 0 Å². The first-order valence-corrected chi connectivity index (χ1v) is 9.89. The summed E-state index contributed by atoms with van der Waals surface area (Å²) >= 11 is 17.1. The van der Waals surface area contributed by atoms with E-state index in [-0.39, 0.29) is 5.91 Å². The Hall–Kier alpha value is -1.04. The van der Waals surface area contributed by atoms with E-state index in [0.29, 0.717) is 46.4 Å². The van der Waals surface area contributed by atoms with E-state index in [9.17, 15) is 4.79 Å². The Morgan fingerprint density at radius 2 is 1.92 bits per heavy atom. The molecule has 0 atom stereocenters. The standard InChI is InChI=1S/C18H24Cl2N2O2S/c19-13-9-10-16(15(20)12-13)24-11-5-8-17(23)22-18(25)21-14-6-3-1-2-4-7-14/h9-10,12,14H,1-8,11H2,(H2,21,22,23,25). The number of carbonyl (C=O) groups excluding carboxylic acids is 1. The molecule has 1 aromatic rings. The molecule has 0 saturated heterocycles. The van der Waals surface area contributed by atoms with Crippen molar-refractivity contribution < 1.29 is 9.53 Å². The molecule has 4 nitrogen and oxygen atoms in total. The van der Waals surface area contributed by atoms with Crippen LogP contribution in [0.3, 0.4) is 0 Å². The molecule has 0 unspecified atom stereocenters. The van der Waals surface area contributed by atoms with Crippen LogP contribution in [0.15, 0.2) is 18.2 Å². The molecule has 2 rings (SSSR count). The lowest BCUT2D eigenvalue weighted by molar-refractivity contribution is -0.119. The highest BCUT2D eigenvalue weighted by molar-refractivity contribution is 7.80. The summed E-state index contributed by atoms with van der Waals surface area (Å²) < 4.78 is 5.56. The third kappa shape index (κ3) is 7.80. The number of hydrogen-bond acceptors (Lipinski definition) is 3. The third-order valence-corrected chi connectivity index (χ3v) is 4.89. The van der Waals surface area contributed by atoms with Gasteiger partial charge in [0.05, 0.1) is 11.6 Å². The fourth-order valence-corrected chi connectivity index (χ4v) is 3.58. The van der Waals surface area contributed by atoms with Crippen LogP contribution in [-0.2, 0) is 4.79 Å². The fourth-order valence-electron chi connectivity index (χ4n) is 2.84. The zero-order valence-corrected chi connectivity index (χ0v) is 16.5. The summed E-state index contributed by atoms with van der Waals surface area (Å²) in [5.74, 6) is 0.467. The maximum absolute atomic E-state index is 11.9. The second kappa shape index (κ2) is 10.8. The second-order valence-corrected chi connectivity index (χ2v) is 7.49. The third-order valence-electron chi connectivity index (χ3n) is 4.14. The van der Waals surface area contributed by atoms with Crippen molar-refractivity contribution in [2.45, 2.75) is 57.4 Å². The highest BCUT2D eigenvalue weighted by Gasteiger charge is 2.14. The van der Waals surface area contributed by atoms with Crippen molar-refractivity contribution in [2.24, 2.45) is 0 Å². The number of hydrogen-bond donors (Lipinski definition) is 2. The quantitative estimate of drug-likeness (QED) is 0.404. The van der Waals surface area contributed by atoms with Crippen molar-refractivity contribution in [3.8, 4) is 5.75 Å². The minimum atomic E-state index is -0.100. The zero-order chi connectivity index (χ0) is 18.1. The lowest BCUT2D eigenvalue weighted by Gasteiger charge is -2.18. The predicted molar refractivity (Wildman–Crippen MR) is 107 cm³/mol. The van der Waals surface area contributed by atoms with E-state index >= 15 is 0 Å². The Morgan fingerprint density at radius 3 is 2.60 bits per heavy atom. The summed E-state index contributed by atoms with van der Waals surface area (Å²) in [5.41, 5.74) is 0. The zero-order valence-electron chi connectivity index (χ0n) is 14.2.